The van der Waals surface area contributed by atoms with Crippen LogP contribution < -0.4 is 0 Å². The van der Waals surface area contributed by atoms with Crippen LogP contribution in [-0.2, 0) is 4.74 Å². The molecule has 0 radical (unpaired) electrons. The molecule has 5 nitrogen and oxygen atoms in total. The lowest BCUT2D eigenvalue weighted by Crippen LogP contribution is -2.17. The summed E-state index contributed by atoms with van der Waals surface area (Å²) in [4.78, 5) is 4.45. The summed E-state index contributed by atoms with van der Waals surface area (Å²) in [5.41, 5.74) is 1.00. The predicted octanol–water partition coefficient (Wildman–Crippen LogP) is 1.09. The molecule has 1 aliphatic heterocycles. The smallest absolute Gasteiger partial charge is 0.218 e. The van der Waals surface area contributed by atoms with Crippen molar-refractivity contribution in [3.63, 3.8) is 0 Å². The monoisotopic (exact) mass is 221 g/mol. The van der Waals surface area contributed by atoms with Gasteiger partial charge in [-0.3, -0.25) is 0 Å². The molecule has 0 amide bonds. The van der Waals surface area contributed by atoms with E-state index >= 15 is 0 Å². The molecule has 0 saturated carbocycles. The highest BCUT2D eigenvalue weighted by Crippen LogP contribution is 2.23. The number of rotatable bonds is 2. The molecule has 1 aliphatic rings. The lowest BCUT2D eigenvalue weighted by atomic mass is 10.1. The number of aliphatic hydroxyl groups excluding tert-OH is 1. The first kappa shape index (κ1) is 11.0. The quantitative estimate of drug-likeness (QED) is 0.811. The zero-order chi connectivity index (χ0) is 11.8. The van der Waals surface area contributed by atoms with Crippen LogP contribution in [0.3, 0.4) is 0 Å². The third kappa shape index (κ3) is 2.04. The molecular formula is C11H15N3O2. The maximum absolute atomic E-state index is 9.58. The molecule has 86 valence electrons. The van der Waals surface area contributed by atoms with Crippen LogP contribution in [0.1, 0.15) is 38.1 Å². The molecule has 5 heteroatoms. The topological polar surface area (TPSA) is 67.6 Å². The van der Waals surface area contributed by atoms with E-state index in [9.17, 15) is 5.11 Å². The van der Waals surface area contributed by atoms with E-state index in [0.717, 1.165) is 5.56 Å². The van der Waals surface area contributed by atoms with Gasteiger partial charge in [-0.25, -0.2) is 4.99 Å². The van der Waals surface area contributed by atoms with Gasteiger partial charge in [0.15, 0.2) is 0 Å². The molecule has 1 N–H and O–H groups in total. The van der Waals surface area contributed by atoms with Crippen molar-refractivity contribution in [2.75, 3.05) is 6.61 Å². The number of hydrogen-bond acceptors (Lipinski definition) is 5. The van der Waals surface area contributed by atoms with E-state index in [2.05, 4.69) is 15.2 Å². The first-order chi connectivity index (χ1) is 7.49. The van der Waals surface area contributed by atoms with E-state index in [4.69, 9.17) is 4.74 Å². The minimum Gasteiger partial charge on any atom is -0.475 e. The number of nitrogens with zero attached hydrogens (tertiary/aromatic N) is 3. The van der Waals surface area contributed by atoms with E-state index in [0.29, 0.717) is 18.2 Å². The van der Waals surface area contributed by atoms with E-state index in [1.807, 2.05) is 13.8 Å². The maximum atomic E-state index is 9.58. The summed E-state index contributed by atoms with van der Waals surface area (Å²) in [6.07, 6.45) is 0.886. The Kier molecular flexibility index (Phi) is 2.63. The normalized spacial score (nSPS) is 20.1. The molecule has 16 heavy (non-hydrogen) atoms. The molecule has 0 fully saturated rings. The first-order valence-electron chi connectivity index (χ1n) is 5.22. The fraction of sp³-hybridized carbons (Fsp3) is 0.545. The molecule has 0 spiro atoms. The molecule has 0 aromatic carbocycles. The number of ether oxygens (including phenoxy) is 1. The van der Waals surface area contributed by atoms with Crippen LogP contribution in [0.25, 0.3) is 0 Å². The lowest BCUT2D eigenvalue weighted by Gasteiger charge is -2.08. The Hall–Kier alpha value is -1.49. The maximum Gasteiger partial charge on any atom is 0.218 e. The Morgan fingerprint density at radius 2 is 2.25 bits per heavy atom. The number of aromatic nitrogens is 2. The number of aliphatic imine (C=N–C) groups is 1. The van der Waals surface area contributed by atoms with Crippen LogP contribution in [0.15, 0.2) is 17.3 Å². The predicted molar refractivity (Wildman–Crippen MR) is 59.2 cm³/mol. The van der Waals surface area contributed by atoms with Crippen LogP contribution in [0.4, 0.5) is 0 Å². The highest BCUT2D eigenvalue weighted by molar-refractivity contribution is 5.96. The van der Waals surface area contributed by atoms with Gasteiger partial charge in [0.05, 0.1) is 23.4 Å². The fourth-order valence-electron chi connectivity index (χ4n) is 1.55. The lowest BCUT2D eigenvalue weighted by molar-refractivity contribution is 0.192. The molecule has 0 bridgehead atoms. The van der Waals surface area contributed by atoms with Crippen molar-refractivity contribution in [2.45, 2.75) is 32.4 Å². The van der Waals surface area contributed by atoms with Gasteiger partial charge in [0.25, 0.3) is 0 Å². The summed E-state index contributed by atoms with van der Waals surface area (Å²) in [7, 11) is 0. The van der Waals surface area contributed by atoms with Gasteiger partial charge in [0.2, 0.25) is 5.90 Å². The molecule has 1 unspecified atom stereocenters. The van der Waals surface area contributed by atoms with Crippen molar-refractivity contribution in [1.82, 2.24) is 10.2 Å². The van der Waals surface area contributed by atoms with Crippen LogP contribution in [0, 0.1) is 0 Å². The van der Waals surface area contributed by atoms with Gasteiger partial charge in [-0.05, 0) is 26.8 Å². The van der Waals surface area contributed by atoms with Crippen molar-refractivity contribution in [3.8, 4) is 0 Å². The molecule has 2 rings (SSSR count). The van der Waals surface area contributed by atoms with Crippen molar-refractivity contribution < 1.29 is 9.84 Å². The van der Waals surface area contributed by atoms with Gasteiger partial charge in [-0.15, -0.1) is 0 Å². The molecular weight excluding hydrogens is 206 g/mol. The first-order valence-corrected chi connectivity index (χ1v) is 5.22. The van der Waals surface area contributed by atoms with Crippen LogP contribution >= 0.6 is 0 Å². The Labute approximate surface area is 94.2 Å². The highest BCUT2D eigenvalue weighted by Gasteiger charge is 2.29. The number of hydrogen-bond donors (Lipinski definition) is 1. The zero-order valence-corrected chi connectivity index (χ0v) is 9.64. The summed E-state index contributed by atoms with van der Waals surface area (Å²) in [5, 5.41) is 17.2. The van der Waals surface area contributed by atoms with Gasteiger partial charge < -0.3 is 9.84 Å². The van der Waals surface area contributed by atoms with E-state index in [1.165, 1.54) is 0 Å². The van der Waals surface area contributed by atoms with Crippen LogP contribution in [-0.4, -0.2) is 33.3 Å². The SMILES string of the molecule is CC(O)c1nnccc1C1=NC(C)(C)CO1. The Morgan fingerprint density at radius 1 is 1.50 bits per heavy atom. The van der Waals surface area contributed by atoms with Gasteiger partial charge in [-0.1, -0.05) is 0 Å². The van der Waals surface area contributed by atoms with Crippen molar-refractivity contribution in [1.29, 1.82) is 0 Å². The summed E-state index contributed by atoms with van der Waals surface area (Å²) < 4.78 is 5.52. The average Bonchev–Trinajstić information content (AvgIpc) is 2.59. The molecule has 2 heterocycles. The largest absolute Gasteiger partial charge is 0.475 e. The Balaban J connectivity index is 2.42. The number of aliphatic hydroxyl groups is 1. The molecule has 0 saturated heterocycles. The third-order valence-electron chi connectivity index (χ3n) is 2.34. The zero-order valence-electron chi connectivity index (χ0n) is 9.64. The summed E-state index contributed by atoms with van der Waals surface area (Å²) >= 11 is 0. The molecule has 1 aromatic rings. The second kappa shape index (κ2) is 3.83. The minimum atomic E-state index is -0.682. The van der Waals surface area contributed by atoms with Gasteiger partial charge in [0.1, 0.15) is 12.3 Å². The van der Waals surface area contributed by atoms with Gasteiger partial charge in [-0.2, -0.15) is 10.2 Å². The van der Waals surface area contributed by atoms with Crippen LogP contribution in [0.5, 0.6) is 0 Å². The molecule has 1 atom stereocenters. The standard InChI is InChI=1S/C11H15N3O2/c1-7(15)9-8(4-5-12-14-9)10-13-11(2,3)6-16-10/h4-5,7,15H,6H2,1-3H3. The Bertz CT molecular complexity index is 427. The van der Waals surface area contributed by atoms with E-state index in [1.54, 1.807) is 19.2 Å². The summed E-state index contributed by atoms with van der Waals surface area (Å²) in [6.45, 7) is 6.19. The van der Waals surface area contributed by atoms with E-state index < -0.39 is 6.10 Å². The molecule has 0 aliphatic carbocycles. The summed E-state index contributed by atoms with van der Waals surface area (Å²) in [6, 6.07) is 1.76. The van der Waals surface area contributed by atoms with E-state index in [-0.39, 0.29) is 5.54 Å². The van der Waals surface area contributed by atoms with Crippen LogP contribution in [0.2, 0.25) is 0 Å². The fourth-order valence-corrected chi connectivity index (χ4v) is 1.55. The van der Waals surface area contributed by atoms with Gasteiger partial charge in [0, 0.05) is 0 Å². The average molecular weight is 221 g/mol. The van der Waals surface area contributed by atoms with Gasteiger partial charge >= 0.3 is 0 Å². The third-order valence-corrected chi connectivity index (χ3v) is 2.34. The highest BCUT2D eigenvalue weighted by atomic mass is 16.5. The second-order valence-electron chi connectivity index (χ2n) is 4.52. The van der Waals surface area contributed by atoms with Crippen molar-refractivity contribution >= 4 is 5.90 Å². The Morgan fingerprint density at radius 3 is 2.81 bits per heavy atom. The minimum absolute atomic E-state index is 0.214. The van der Waals surface area contributed by atoms with Crippen molar-refractivity contribution in [3.05, 3.63) is 23.5 Å². The van der Waals surface area contributed by atoms with Crippen molar-refractivity contribution in [2.24, 2.45) is 4.99 Å². The molecule has 1 aromatic heterocycles. The summed E-state index contributed by atoms with van der Waals surface area (Å²) in [5.74, 6) is 0.538. The second-order valence-corrected chi connectivity index (χ2v) is 4.52.